The van der Waals surface area contributed by atoms with Gasteiger partial charge in [-0.1, -0.05) is 18.2 Å². The lowest BCUT2D eigenvalue weighted by Crippen LogP contribution is -2.27. The molecule has 1 unspecified atom stereocenters. The molecule has 1 aromatic heterocycles. The van der Waals surface area contributed by atoms with Crippen LogP contribution >= 0.6 is 11.3 Å². The predicted molar refractivity (Wildman–Crippen MR) is 78.6 cm³/mol. The van der Waals surface area contributed by atoms with Crippen LogP contribution < -0.4 is 10.6 Å². The van der Waals surface area contributed by atoms with E-state index in [1.807, 2.05) is 38.1 Å². The third-order valence-electron chi connectivity index (χ3n) is 2.91. The summed E-state index contributed by atoms with van der Waals surface area (Å²) in [6.07, 6.45) is 0. The summed E-state index contributed by atoms with van der Waals surface area (Å²) in [4.78, 5) is 18.3. The first-order valence-corrected chi connectivity index (χ1v) is 6.93. The lowest BCUT2D eigenvalue weighted by molar-refractivity contribution is 0.0988. The Kier molecular flexibility index (Phi) is 3.97. The molecule has 2 rings (SSSR count). The molecule has 1 atom stereocenters. The summed E-state index contributed by atoms with van der Waals surface area (Å²) in [6.45, 7) is 3.84. The summed E-state index contributed by atoms with van der Waals surface area (Å²) < 4.78 is 0. The zero-order valence-electron chi connectivity index (χ0n) is 11.3. The van der Waals surface area contributed by atoms with Crippen LogP contribution in [-0.4, -0.2) is 17.9 Å². The largest absolute Gasteiger partial charge is 0.322 e. The predicted octanol–water partition coefficient (Wildman–Crippen LogP) is 2.75. The van der Waals surface area contributed by atoms with Crippen LogP contribution in [0.15, 0.2) is 29.6 Å². The Hall–Kier alpha value is -1.72. The van der Waals surface area contributed by atoms with E-state index in [1.165, 1.54) is 11.3 Å². The van der Waals surface area contributed by atoms with Crippen LogP contribution in [0, 0.1) is 6.92 Å². The van der Waals surface area contributed by atoms with E-state index in [2.05, 4.69) is 4.98 Å². The SMILES string of the molecule is Cc1ccccc1N(C)C(=O)c1csc(C(C)N)n1. The van der Waals surface area contributed by atoms with Gasteiger partial charge in [0, 0.05) is 18.1 Å². The van der Waals surface area contributed by atoms with Gasteiger partial charge in [0.15, 0.2) is 0 Å². The Morgan fingerprint density at radius 1 is 1.42 bits per heavy atom. The Labute approximate surface area is 116 Å². The summed E-state index contributed by atoms with van der Waals surface area (Å²) in [6, 6.07) is 7.63. The van der Waals surface area contributed by atoms with E-state index in [4.69, 9.17) is 5.73 Å². The number of anilines is 1. The molecule has 1 heterocycles. The number of hydrogen-bond acceptors (Lipinski definition) is 4. The first kappa shape index (κ1) is 13.7. The lowest BCUT2D eigenvalue weighted by atomic mass is 10.2. The van der Waals surface area contributed by atoms with Gasteiger partial charge in [-0.05, 0) is 25.5 Å². The molecule has 0 radical (unpaired) electrons. The zero-order valence-corrected chi connectivity index (χ0v) is 12.1. The smallest absolute Gasteiger partial charge is 0.277 e. The highest BCUT2D eigenvalue weighted by Gasteiger charge is 2.18. The van der Waals surface area contributed by atoms with Crippen LogP contribution in [0.5, 0.6) is 0 Å². The average molecular weight is 275 g/mol. The van der Waals surface area contributed by atoms with E-state index in [9.17, 15) is 4.79 Å². The van der Waals surface area contributed by atoms with Gasteiger partial charge in [-0.3, -0.25) is 4.79 Å². The number of nitrogens with zero attached hydrogens (tertiary/aromatic N) is 2. The quantitative estimate of drug-likeness (QED) is 0.937. The van der Waals surface area contributed by atoms with Gasteiger partial charge < -0.3 is 10.6 Å². The molecule has 100 valence electrons. The second-order valence-corrected chi connectivity index (χ2v) is 5.40. The normalized spacial score (nSPS) is 12.2. The molecule has 2 N–H and O–H groups in total. The summed E-state index contributed by atoms with van der Waals surface area (Å²) in [5.74, 6) is -0.113. The molecule has 1 aromatic carbocycles. The van der Waals surface area contributed by atoms with Gasteiger partial charge in [-0.15, -0.1) is 11.3 Å². The fourth-order valence-electron chi connectivity index (χ4n) is 1.82. The Morgan fingerprint density at radius 3 is 2.68 bits per heavy atom. The van der Waals surface area contributed by atoms with Crippen molar-refractivity contribution in [1.29, 1.82) is 0 Å². The van der Waals surface area contributed by atoms with E-state index >= 15 is 0 Å². The van der Waals surface area contributed by atoms with Gasteiger partial charge in [0.1, 0.15) is 10.7 Å². The van der Waals surface area contributed by atoms with Gasteiger partial charge in [0.2, 0.25) is 0 Å². The number of carbonyl (C=O) groups excluding carboxylic acids is 1. The molecule has 0 aliphatic rings. The molecule has 4 nitrogen and oxygen atoms in total. The summed E-state index contributed by atoms with van der Waals surface area (Å²) in [5.41, 5.74) is 8.16. The van der Waals surface area contributed by atoms with Crippen LogP contribution in [0.2, 0.25) is 0 Å². The minimum absolute atomic E-state index is 0.113. The molecule has 1 amide bonds. The number of rotatable bonds is 3. The maximum absolute atomic E-state index is 12.4. The Morgan fingerprint density at radius 2 is 2.11 bits per heavy atom. The summed E-state index contributed by atoms with van der Waals surface area (Å²) >= 11 is 1.42. The third-order valence-corrected chi connectivity index (χ3v) is 3.96. The first-order valence-electron chi connectivity index (χ1n) is 6.05. The van der Waals surface area contributed by atoms with Crippen LogP contribution in [0.1, 0.15) is 34.0 Å². The van der Waals surface area contributed by atoms with Crippen molar-refractivity contribution in [3.8, 4) is 0 Å². The number of aryl methyl sites for hydroxylation is 1. The second kappa shape index (κ2) is 5.50. The number of amides is 1. The van der Waals surface area contributed by atoms with E-state index < -0.39 is 0 Å². The number of hydrogen-bond donors (Lipinski definition) is 1. The van der Waals surface area contributed by atoms with E-state index in [0.717, 1.165) is 16.3 Å². The summed E-state index contributed by atoms with van der Waals surface area (Å²) in [5, 5.41) is 2.54. The number of para-hydroxylation sites is 1. The third kappa shape index (κ3) is 2.83. The van der Waals surface area contributed by atoms with E-state index in [0.29, 0.717) is 5.69 Å². The minimum Gasteiger partial charge on any atom is -0.322 e. The molecule has 0 saturated heterocycles. The van der Waals surface area contributed by atoms with Crippen molar-refractivity contribution in [2.75, 3.05) is 11.9 Å². The fraction of sp³-hybridized carbons (Fsp3) is 0.286. The van der Waals surface area contributed by atoms with Crippen LogP contribution in [0.3, 0.4) is 0 Å². The zero-order chi connectivity index (χ0) is 14.0. The van der Waals surface area contributed by atoms with Crippen molar-refractivity contribution < 1.29 is 4.79 Å². The van der Waals surface area contributed by atoms with Gasteiger partial charge in [0.05, 0.1) is 6.04 Å². The highest BCUT2D eigenvalue weighted by molar-refractivity contribution is 7.09. The molecule has 0 fully saturated rings. The van der Waals surface area contributed by atoms with Crippen LogP contribution in [-0.2, 0) is 0 Å². The topological polar surface area (TPSA) is 59.2 Å². The molecular weight excluding hydrogens is 258 g/mol. The van der Waals surface area contributed by atoms with Gasteiger partial charge in [-0.25, -0.2) is 4.98 Å². The summed E-state index contributed by atoms with van der Waals surface area (Å²) in [7, 11) is 1.76. The monoisotopic (exact) mass is 275 g/mol. The standard InChI is InChI=1S/C14H17N3OS/c1-9-6-4-5-7-12(9)17(3)14(18)11-8-19-13(16-11)10(2)15/h4-8,10H,15H2,1-3H3. The number of benzene rings is 1. The highest BCUT2D eigenvalue weighted by Crippen LogP contribution is 2.22. The first-order chi connectivity index (χ1) is 9.00. The molecule has 2 aromatic rings. The fourth-order valence-corrected chi connectivity index (χ4v) is 2.57. The van der Waals surface area contributed by atoms with Crippen LogP contribution in [0.4, 0.5) is 5.69 Å². The molecule has 19 heavy (non-hydrogen) atoms. The number of nitrogens with two attached hydrogens (primary N) is 1. The van der Waals surface area contributed by atoms with Gasteiger partial charge in [0.25, 0.3) is 5.91 Å². The minimum atomic E-state index is -0.143. The van der Waals surface area contributed by atoms with Crippen molar-refractivity contribution in [3.05, 3.63) is 45.9 Å². The highest BCUT2D eigenvalue weighted by atomic mass is 32.1. The van der Waals surface area contributed by atoms with E-state index in [-0.39, 0.29) is 11.9 Å². The molecule has 0 aliphatic heterocycles. The van der Waals surface area contributed by atoms with Gasteiger partial charge >= 0.3 is 0 Å². The molecule has 0 aliphatic carbocycles. The number of aromatic nitrogens is 1. The van der Waals surface area contributed by atoms with Crippen molar-refractivity contribution in [3.63, 3.8) is 0 Å². The second-order valence-electron chi connectivity index (χ2n) is 4.51. The van der Waals surface area contributed by atoms with Crippen molar-refractivity contribution in [1.82, 2.24) is 4.98 Å². The molecule has 5 heteroatoms. The average Bonchev–Trinajstić information content (AvgIpc) is 2.87. The Bertz CT molecular complexity index is 592. The number of thiazole rings is 1. The van der Waals surface area contributed by atoms with Crippen LogP contribution in [0.25, 0.3) is 0 Å². The Balaban J connectivity index is 2.26. The van der Waals surface area contributed by atoms with Gasteiger partial charge in [-0.2, -0.15) is 0 Å². The molecule has 0 saturated carbocycles. The maximum Gasteiger partial charge on any atom is 0.277 e. The maximum atomic E-state index is 12.4. The molecular formula is C14H17N3OS. The van der Waals surface area contributed by atoms with Crippen molar-refractivity contribution in [2.24, 2.45) is 5.73 Å². The van der Waals surface area contributed by atoms with E-state index in [1.54, 1.807) is 17.3 Å². The van der Waals surface area contributed by atoms with Crippen molar-refractivity contribution in [2.45, 2.75) is 19.9 Å². The molecule has 0 bridgehead atoms. The van der Waals surface area contributed by atoms with Crippen molar-refractivity contribution >= 4 is 22.9 Å². The number of carbonyl (C=O) groups is 1. The lowest BCUT2D eigenvalue weighted by Gasteiger charge is -2.18. The molecule has 0 spiro atoms.